The summed E-state index contributed by atoms with van der Waals surface area (Å²) in [7, 11) is -0.309. The fourth-order valence-electron chi connectivity index (χ4n) is 2.37. The summed E-state index contributed by atoms with van der Waals surface area (Å²) >= 11 is 5.99. The van der Waals surface area contributed by atoms with E-state index < -0.39 is 9.84 Å². The van der Waals surface area contributed by atoms with Gasteiger partial charge in [0.05, 0.1) is 17.8 Å². The van der Waals surface area contributed by atoms with Crippen LogP contribution in [-0.4, -0.2) is 39.1 Å². The van der Waals surface area contributed by atoms with Crippen molar-refractivity contribution in [2.75, 3.05) is 19.9 Å². The summed E-state index contributed by atoms with van der Waals surface area (Å²) in [4.78, 5) is 14.0. The van der Waals surface area contributed by atoms with Crippen molar-refractivity contribution in [1.29, 1.82) is 0 Å². The third kappa shape index (κ3) is 5.21. The number of rotatable bonds is 7. The zero-order chi connectivity index (χ0) is 18.4. The van der Waals surface area contributed by atoms with E-state index in [-0.39, 0.29) is 29.5 Å². The highest BCUT2D eigenvalue weighted by Gasteiger charge is 2.19. The van der Waals surface area contributed by atoms with Gasteiger partial charge in [-0.3, -0.25) is 4.79 Å². The molecule has 0 heterocycles. The summed E-state index contributed by atoms with van der Waals surface area (Å²) in [6.45, 7) is 0.286. The molecule has 25 heavy (non-hydrogen) atoms. The lowest BCUT2D eigenvalue weighted by atomic mass is 10.2. The van der Waals surface area contributed by atoms with Crippen molar-refractivity contribution in [1.82, 2.24) is 4.90 Å². The van der Waals surface area contributed by atoms with Crippen LogP contribution in [0, 0.1) is 0 Å². The van der Waals surface area contributed by atoms with Crippen molar-refractivity contribution in [3.63, 3.8) is 0 Å². The van der Waals surface area contributed by atoms with Gasteiger partial charge in [-0.05, 0) is 30.3 Å². The quantitative estimate of drug-likeness (QED) is 0.739. The number of hydrogen-bond donors (Lipinski definition) is 0. The molecule has 0 unspecified atom stereocenters. The van der Waals surface area contributed by atoms with Crippen LogP contribution in [0.1, 0.15) is 12.0 Å². The van der Waals surface area contributed by atoms with Crippen LogP contribution in [0.2, 0.25) is 5.02 Å². The molecule has 5 nitrogen and oxygen atoms in total. The van der Waals surface area contributed by atoms with Gasteiger partial charge in [-0.2, -0.15) is 0 Å². The lowest BCUT2D eigenvalue weighted by molar-refractivity contribution is -0.130. The molecule has 0 N–H and O–H groups in total. The highest BCUT2D eigenvalue weighted by atomic mass is 35.5. The van der Waals surface area contributed by atoms with Crippen molar-refractivity contribution in [3.05, 3.63) is 59.1 Å². The predicted molar refractivity (Wildman–Crippen MR) is 97.6 cm³/mol. The van der Waals surface area contributed by atoms with E-state index in [1.54, 1.807) is 50.6 Å². The number of nitrogens with zero attached hydrogens (tertiary/aromatic N) is 1. The second-order valence-corrected chi connectivity index (χ2v) is 8.13. The van der Waals surface area contributed by atoms with Crippen LogP contribution in [-0.2, 0) is 21.2 Å². The Hall–Kier alpha value is -2.05. The van der Waals surface area contributed by atoms with E-state index in [4.69, 9.17) is 16.3 Å². The Kier molecular flexibility index (Phi) is 6.45. The molecule has 0 spiro atoms. The first-order valence-electron chi connectivity index (χ1n) is 7.67. The second kappa shape index (κ2) is 8.36. The fourth-order valence-corrected chi connectivity index (χ4v) is 3.82. The lowest BCUT2D eigenvalue weighted by Gasteiger charge is -2.19. The van der Waals surface area contributed by atoms with Gasteiger partial charge in [0, 0.05) is 30.6 Å². The topological polar surface area (TPSA) is 63.7 Å². The number of hydrogen-bond acceptors (Lipinski definition) is 4. The highest BCUT2D eigenvalue weighted by molar-refractivity contribution is 7.91. The number of amides is 1. The summed E-state index contributed by atoms with van der Waals surface area (Å²) in [5, 5.41) is 0.545. The normalized spacial score (nSPS) is 11.2. The smallest absolute Gasteiger partial charge is 0.223 e. The van der Waals surface area contributed by atoms with Gasteiger partial charge < -0.3 is 9.64 Å². The van der Waals surface area contributed by atoms with Crippen LogP contribution in [0.15, 0.2) is 53.4 Å². The molecule has 0 saturated heterocycles. The zero-order valence-electron chi connectivity index (χ0n) is 14.1. The Balaban J connectivity index is 2.00. The van der Waals surface area contributed by atoms with Gasteiger partial charge in [0.2, 0.25) is 5.91 Å². The van der Waals surface area contributed by atoms with Crippen molar-refractivity contribution in [2.45, 2.75) is 17.9 Å². The van der Waals surface area contributed by atoms with E-state index in [0.717, 1.165) is 5.56 Å². The lowest BCUT2D eigenvalue weighted by Crippen LogP contribution is -2.28. The van der Waals surface area contributed by atoms with E-state index in [1.165, 1.54) is 17.0 Å². The molecule has 2 rings (SSSR count). The van der Waals surface area contributed by atoms with Crippen LogP contribution in [0.3, 0.4) is 0 Å². The number of ether oxygens (including phenoxy) is 1. The monoisotopic (exact) mass is 381 g/mol. The van der Waals surface area contributed by atoms with Crippen LogP contribution >= 0.6 is 11.6 Å². The van der Waals surface area contributed by atoms with E-state index >= 15 is 0 Å². The van der Waals surface area contributed by atoms with Gasteiger partial charge in [-0.15, -0.1) is 0 Å². The van der Waals surface area contributed by atoms with Gasteiger partial charge in [-0.25, -0.2) is 8.42 Å². The summed E-state index contributed by atoms with van der Waals surface area (Å²) in [5.41, 5.74) is 0.761. The minimum atomic E-state index is -3.47. The Morgan fingerprint density at radius 1 is 1.16 bits per heavy atom. The van der Waals surface area contributed by atoms with Crippen molar-refractivity contribution in [2.24, 2.45) is 0 Å². The highest BCUT2D eigenvalue weighted by Crippen LogP contribution is 2.24. The molecule has 0 atom stereocenters. The predicted octanol–water partition coefficient (Wildman–Crippen LogP) is 3.17. The number of methoxy groups -OCH3 is 1. The van der Waals surface area contributed by atoms with Crippen LogP contribution in [0.5, 0.6) is 5.75 Å². The number of sulfone groups is 1. The van der Waals surface area contributed by atoms with Crippen molar-refractivity contribution in [3.8, 4) is 5.75 Å². The number of halogens is 1. The first-order chi connectivity index (χ1) is 11.8. The zero-order valence-corrected chi connectivity index (χ0v) is 15.7. The second-order valence-electron chi connectivity index (χ2n) is 5.59. The van der Waals surface area contributed by atoms with Gasteiger partial charge in [0.1, 0.15) is 5.75 Å². The number of carbonyl (C=O) groups excluding carboxylic acids is 1. The van der Waals surface area contributed by atoms with E-state index in [0.29, 0.717) is 10.8 Å². The molecule has 0 aromatic heterocycles. The molecule has 0 aliphatic rings. The fraction of sp³-hybridized carbons (Fsp3) is 0.278. The Labute approximate surface area is 153 Å². The molecular weight excluding hydrogens is 362 g/mol. The maximum absolute atomic E-state index is 12.3. The molecule has 2 aromatic rings. The Morgan fingerprint density at radius 3 is 2.48 bits per heavy atom. The minimum absolute atomic E-state index is 0.0867. The molecule has 1 amide bonds. The molecular formula is C18H20ClNO4S. The standard InChI is InChI=1S/C18H20ClNO4S/c1-20(13-14-12-15(19)8-9-17(14)24-2)18(21)10-11-25(22,23)16-6-4-3-5-7-16/h3-9,12H,10-11,13H2,1-2H3. The molecule has 0 aliphatic heterocycles. The van der Waals surface area contributed by atoms with Crippen LogP contribution in [0.25, 0.3) is 0 Å². The molecule has 0 saturated carbocycles. The minimum Gasteiger partial charge on any atom is -0.496 e. The molecule has 0 aliphatic carbocycles. The van der Waals surface area contributed by atoms with Gasteiger partial charge in [-0.1, -0.05) is 29.8 Å². The van der Waals surface area contributed by atoms with Crippen molar-refractivity contribution < 1.29 is 17.9 Å². The molecule has 7 heteroatoms. The first kappa shape index (κ1) is 19.3. The Bertz CT molecular complexity index is 837. The van der Waals surface area contributed by atoms with Gasteiger partial charge in [0.15, 0.2) is 9.84 Å². The Morgan fingerprint density at radius 2 is 1.84 bits per heavy atom. The molecule has 0 radical (unpaired) electrons. The number of benzene rings is 2. The summed E-state index contributed by atoms with van der Waals surface area (Å²) < 4.78 is 29.8. The molecule has 0 fully saturated rings. The van der Waals surface area contributed by atoms with Crippen LogP contribution in [0.4, 0.5) is 0 Å². The largest absolute Gasteiger partial charge is 0.496 e. The maximum Gasteiger partial charge on any atom is 0.223 e. The third-order valence-electron chi connectivity index (χ3n) is 3.76. The van der Waals surface area contributed by atoms with Gasteiger partial charge >= 0.3 is 0 Å². The average Bonchev–Trinajstić information content (AvgIpc) is 2.60. The van der Waals surface area contributed by atoms with Crippen molar-refractivity contribution >= 4 is 27.3 Å². The number of carbonyl (C=O) groups is 1. The van der Waals surface area contributed by atoms with Gasteiger partial charge in [0.25, 0.3) is 0 Å². The first-order valence-corrected chi connectivity index (χ1v) is 9.70. The molecule has 0 bridgehead atoms. The molecule has 2 aromatic carbocycles. The average molecular weight is 382 g/mol. The van der Waals surface area contributed by atoms with E-state index in [1.807, 2.05) is 0 Å². The summed E-state index contributed by atoms with van der Waals surface area (Å²) in [6.07, 6.45) is -0.0867. The summed E-state index contributed by atoms with van der Waals surface area (Å²) in [5.74, 6) is 0.134. The van der Waals surface area contributed by atoms with E-state index in [2.05, 4.69) is 0 Å². The van der Waals surface area contributed by atoms with E-state index in [9.17, 15) is 13.2 Å². The molecule has 134 valence electrons. The van der Waals surface area contributed by atoms with Crippen LogP contribution < -0.4 is 4.74 Å². The summed E-state index contributed by atoms with van der Waals surface area (Å²) in [6, 6.07) is 13.3. The third-order valence-corrected chi connectivity index (χ3v) is 5.73. The maximum atomic E-state index is 12.3. The SMILES string of the molecule is COc1ccc(Cl)cc1CN(C)C(=O)CCS(=O)(=O)c1ccccc1.